The minimum absolute atomic E-state index is 0.654. The Morgan fingerprint density at radius 2 is 2.07 bits per heavy atom. The molecule has 1 rings (SSSR count). The molecule has 80 valence electrons. The third-order valence-corrected chi connectivity index (χ3v) is 2.48. The lowest BCUT2D eigenvalue weighted by Gasteiger charge is -2.07. The van der Waals surface area contributed by atoms with Gasteiger partial charge in [-0.1, -0.05) is 13.8 Å². The average molecular weight is 195 g/mol. The first kappa shape index (κ1) is 11.2. The topological polar surface area (TPSA) is 43.8 Å². The first-order chi connectivity index (χ1) is 6.56. The first-order valence-electron chi connectivity index (χ1n) is 5.27. The highest BCUT2D eigenvalue weighted by Crippen LogP contribution is 2.13. The number of aryl methyl sites for hydroxylation is 1. The predicted molar refractivity (Wildman–Crippen MR) is 59.2 cm³/mol. The van der Waals surface area contributed by atoms with Crippen molar-refractivity contribution in [1.82, 2.24) is 9.55 Å². The van der Waals surface area contributed by atoms with Gasteiger partial charge in [0.25, 0.3) is 0 Å². The molecule has 1 heterocycles. The highest BCUT2D eigenvalue weighted by atomic mass is 15.1. The number of imidazole rings is 1. The molecule has 0 aliphatic carbocycles. The van der Waals surface area contributed by atoms with Crippen LogP contribution in [0.2, 0.25) is 0 Å². The van der Waals surface area contributed by atoms with Crippen LogP contribution < -0.4 is 5.73 Å². The van der Waals surface area contributed by atoms with Gasteiger partial charge < -0.3 is 10.3 Å². The zero-order chi connectivity index (χ0) is 10.7. The van der Waals surface area contributed by atoms with Gasteiger partial charge in [0.05, 0.1) is 5.69 Å². The van der Waals surface area contributed by atoms with Crippen LogP contribution >= 0.6 is 0 Å². The molecule has 0 aliphatic rings. The van der Waals surface area contributed by atoms with Crippen molar-refractivity contribution < 1.29 is 0 Å². The van der Waals surface area contributed by atoms with Crippen LogP contribution in [-0.2, 0) is 19.9 Å². The Morgan fingerprint density at radius 3 is 2.57 bits per heavy atom. The lowest BCUT2D eigenvalue weighted by Crippen LogP contribution is -2.10. The summed E-state index contributed by atoms with van der Waals surface area (Å²) in [5.41, 5.74) is 7.98. The zero-order valence-electron chi connectivity index (χ0n) is 9.67. The van der Waals surface area contributed by atoms with Crippen molar-refractivity contribution in [2.45, 2.75) is 33.6 Å². The molecule has 0 radical (unpaired) electrons. The molecule has 0 bridgehead atoms. The molecule has 0 spiro atoms. The fourth-order valence-electron chi connectivity index (χ4n) is 1.76. The third kappa shape index (κ3) is 2.35. The molecule has 0 saturated heterocycles. The Balaban J connectivity index is 2.92. The van der Waals surface area contributed by atoms with E-state index in [1.807, 2.05) is 0 Å². The van der Waals surface area contributed by atoms with Crippen LogP contribution in [0, 0.1) is 12.8 Å². The average Bonchev–Trinajstić information content (AvgIpc) is 2.32. The minimum atomic E-state index is 0.654. The second-order valence-electron chi connectivity index (χ2n) is 4.26. The number of nitrogens with two attached hydrogens (primary N) is 1. The smallest absolute Gasteiger partial charge is 0.109 e. The summed E-state index contributed by atoms with van der Waals surface area (Å²) < 4.78 is 2.20. The van der Waals surface area contributed by atoms with Crippen molar-refractivity contribution in [2.75, 3.05) is 6.54 Å². The summed E-state index contributed by atoms with van der Waals surface area (Å²) in [5.74, 6) is 1.84. The maximum absolute atomic E-state index is 5.57. The van der Waals surface area contributed by atoms with E-state index in [1.165, 1.54) is 11.5 Å². The second kappa shape index (κ2) is 4.60. The van der Waals surface area contributed by atoms with Gasteiger partial charge >= 0.3 is 0 Å². The standard InChI is InChI=1S/C11H21N3/c1-8(2)7-11-13-9(3)10(5-6-12)14(11)4/h8H,5-7,12H2,1-4H3. The van der Waals surface area contributed by atoms with Crippen molar-refractivity contribution in [2.24, 2.45) is 18.7 Å². The third-order valence-electron chi connectivity index (χ3n) is 2.48. The van der Waals surface area contributed by atoms with Crippen LogP contribution in [0.4, 0.5) is 0 Å². The van der Waals surface area contributed by atoms with Crippen LogP contribution in [0.5, 0.6) is 0 Å². The lowest BCUT2D eigenvalue weighted by atomic mass is 10.1. The van der Waals surface area contributed by atoms with E-state index in [2.05, 4.69) is 37.4 Å². The summed E-state index contributed by atoms with van der Waals surface area (Å²) in [6.07, 6.45) is 1.97. The van der Waals surface area contributed by atoms with Gasteiger partial charge in [-0.3, -0.25) is 0 Å². The molecule has 0 unspecified atom stereocenters. The van der Waals surface area contributed by atoms with Crippen LogP contribution in [-0.4, -0.2) is 16.1 Å². The lowest BCUT2D eigenvalue weighted by molar-refractivity contribution is 0.596. The van der Waals surface area contributed by atoms with Gasteiger partial charge in [-0.05, 0) is 19.4 Å². The van der Waals surface area contributed by atoms with E-state index in [0.717, 1.165) is 18.5 Å². The minimum Gasteiger partial charge on any atom is -0.335 e. The molecular formula is C11H21N3. The molecule has 0 aromatic carbocycles. The summed E-state index contributed by atoms with van der Waals surface area (Å²) in [5, 5.41) is 0. The SMILES string of the molecule is Cc1nc(CC(C)C)n(C)c1CCN. The largest absolute Gasteiger partial charge is 0.335 e. The van der Waals surface area contributed by atoms with E-state index < -0.39 is 0 Å². The Morgan fingerprint density at radius 1 is 1.43 bits per heavy atom. The van der Waals surface area contributed by atoms with Gasteiger partial charge in [-0.15, -0.1) is 0 Å². The van der Waals surface area contributed by atoms with Crippen LogP contribution in [0.3, 0.4) is 0 Å². The fraction of sp³-hybridized carbons (Fsp3) is 0.727. The van der Waals surface area contributed by atoms with Crippen LogP contribution in [0.25, 0.3) is 0 Å². The van der Waals surface area contributed by atoms with Crippen LogP contribution in [0.15, 0.2) is 0 Å². The van der Waals surface area contributed by atoms with E-state index >= 15 is 0 Å². The number of rotatable bonds is 4. The monoisotopic (exact) mass is 195 g/mol. The fourth-order valence-corrected chi connectivity index (χ4v) is 1.76. The first-order valence-corrected chi connectivity index (χ1v) is 5.27. The van der Waals surface area contributed by atoms with E-state index in [1.54, 1.807) is 0 Å². The molecular weight excluding hydrogens is 174 g/mol. The van der Waals surface area contributed by atoms with Crippen molar-refractivity contribution in [1.29, 1.82) is 0 Å². The van der Waals surface area contributed by atoms with Crippen LogP contribution in [0.1, 0.15) is 31.1 Å². The summed E-state index contributed by atoms with van der Waals surface area (Å²) in [4.78, 5) is 4.58. The Kier molecular flexibility index (Phi) is 3.69. The Labute approximate surface area is 86.3 Å². The molecule has 3 heteroatoms. The molecule has 14 heavy (non-hydrogen) atoms. The number of nitrogens with zero attached hydrogens (tertiary/aromatic N) is 2. The van der Waals surface area contributed by atoms with Crippen molar-refractivity contribution in [3.05, 3.63) is 17.2 Å². The van der Waals surface area contributed by atoms with Gasteiger partial charge in [0.2, 0.25) is 0 Å². The van der Waals surface area contributed by atoms with Gasteiger partial charge in [-0.2, -0.15) is 0 Å². The summed E-state index contributed by atoms with van der Waals surface area (Å²) in [7, 11) is 2.09. The number of hydrogen-bond acceptors (Lipinski definition) is 2. The Hall–Kier alpha value is -0.830. The van der Waals surface area contributed by atoms with Crippen molar-refractivity contribution in [3.8, 4) is 0 Å². The maximum atomic E-state index is 5.57. The molecule has 0 fully saturated rings. The van der Waals surface area contributed by atoms with E-state index in [-0.39, 0.29) is 0 Å². The molecule has 1 aromatic rings. The predicted octanol–water partition coefficient (Wildman–Crippen LogP) is 1.43. The molecule has 0 aliphatic heterocycles. The zero-order valence-corrected chi connectivity index (χ0v) is 9.67. The molecule has 0 atom stereocenters. The molecule has 0 amide bonds. The molecule has 3 nitrogen and oxygen atoms in total. The van der Waals surface area contributed by atoms with E-state index in [0.29, 0.717) is 12.5 Å². The number of aromatic nitrogens is 2. The molecule has 0 saturated carbocycles. The van der Waals surface area contributed by atoms with Gasteiger partial charge in [0.1, 0.15) is 5.82 Å². The van der Waals surface area contributed by atoms with Crippen molar-refractivity contribution >= 4 is 0 Å². The quantitative estimate of drug-likeness (QED) is 0.790. The normalized spacial score (nSPS) is 11.3. The molecule has 2 N–H and O–H groups in total. The van der Waals surface area contributed by atoms with E-state index in [9.17, 15) is 0 Å². The maximum Gasteiger partial charge on any atom is 0.109 e. The highest BCUT2D eigenvalue weighted by Gasteiger charge is 2.11. The summed E-state index contributed by atoms with van der Waals surface area (Å²) >= 11 is 0. The van der Waals surface area contributed by atoms with Gasteiger partial charge in [0.15, 0.2) is 0 Å². The summed E-state index contributed by atoms with van der Waals surface area (Å²) in [6.45, 7) is 7.19. The van der Waals surface area contributed by atoms with E-state index in [4.69, 9.17) is 5.73 Å². The Bertz CT molecular complexity index is 300. The molecule has 1 aromatic heterocycles. The van der Waals surface area contributed by atoms with Gasteiger partial charge in [-0.25, -0.2) is 4.98 Å². The van der Waals surface area contributed by atoms with Crippen molar-refractivity contribution in [3.63, 3.8) is 0 Å². The highest BCUT2D eigenvalue weighted by molar-refractivity contribution is 5.16. The number of hydrogen-bond donors (Lipinski definition) is 1. The second-order valence-corrected chi connectivity index (χ2v) is 4.26. The summed E-state index contributed by atoms with van der Waals surface area (Å²) in [6, 6.07) is 0. The van der Waals surface area contributed by atoms with Gasteiger partial charge in [0, 0.05) is 25.6 Å².